The zero-order valence-corrected chi connectivity index (χ0v) is 13.9. The normalized spacial score (nSPS) is 10.2. The van der Waals surface area contributed by atoms with Gasteiger partial charge in [0.2, 0.25) is 0 Å². The molecule has 0 unspecified atom stereocenters. The van der Waals surface area contributed by atoms with E-state index in [1.165, 1.54) is 0 Å². The predicted molar refractivity (Wildman–Crippen MR) is 94.2 cm³/mol. The molecule has 2 N–H and O–H groups in total. The molecule has 0 atom stereocenters. The van der Waals surface area contributed by atoms with Crippen molar-refractivity contribution >= 4 is 17.3 Å². The number of rotatable bonds is 7. The zero-order valence-electron chi connectivity index (χ0n) is 13.9. The van der Waals surface area contributed by atoms with E-state index in [1.54, 1.807) is 30.5 Å². The number of anilines is 2. The summed E-state index contributed by atoms with van der Waals surface area (Å²) in [6, 6.07) is 12.7. The van der Waals surface area contributed by atoms with Crippen molar-refractivity contribution in [2.75, 3.05) is 32.5 Å². The van der Waals surface area contributed by atoms with Crippen molar-refractivity contribution in [3.05, 3.63) is 53.9 Å². The SMILES string of the molecule is CN(C)CCCNC(=O)c1ccc(Nc2cccc(C#N)c2)cn1. The number of carbonyl (C=O) groups is 1. The average Bonchev–Trinajstić information content (AvgIpc) is 2.59. The lowest BCUT2D eigenvalue weighted by Crippen LogP contribution is -2.27. The second-order valence-corrected chi connectivity index (χ2v) is 5.66. The van der Waals surface area contributed by atoms with E-state index in [4.69, 9.17) is 5.26 Å². The Bertz CT molecular complexity index is 719. The van der Waals surface area contributed by atoms with Crippen LogP contribution in [0.5, 0.6) is 0 Å². The first-order valence-electron chi connectivity index (χ1n) is 7.74. The van der Waals surface area contributed by atoms with E-state index < -0.39 is 0 Å². The molecule has 1 aromatic heterocycles. The van der Waals surface area contributed by atoms with Crippen LogP contribution in [0.1, 0.15) is 22.5 Å². The molecule has 0 bridgehead atoms. The summed E-state index contributed by atoms with van der Waals surface area (Å²) in [4.78, 5) is 18.3. The summed E-state index contributed by atoms with van der Waals surface area (Å²) < 4.78 is 0. The van der Waals surface area contributed by atoms with E-state index >= 15 is 0 Å². The Morgan fingerprint density at radius 3 is 2.75 bits per heavy atom. The molecule has 0 fully saturated rings. The largest absolute Gasteiger partial charge is 0.354 e. The number of nitriles is 1. The molecule has 0 aliphatic carbocycles. The molecule has 0 spiro atoms. The fourth-order valence-electron chi connectivity index (χ4n) is 2.12. The van der Waals surface area contributed by atoms with E-state index in [2.05, 4.69) is 26.6 Å². The van der Waals surface area contributed by atoms with Gasteiger partial charge in [-0.3, -0.25) is 4.79 Å². The van der Waals surface area contributed by atoms with Crippen LogP contribution in [-0.2, 0) is 0 Å². The second kappa shape index (κ2) is 8.65. The van der Waals surface area contributed by atoms with Crippen LogP contribution in [0, 0.1) is 11.3 Å². The van der Waals surface area contributed by atoms with Gasteiger partial charge in [0.05, 0.1) is 23.5 Å². The Balaban J connectivity index is 1.90. The van der Waals surface area contributed by atoms with Gasteiger partial charge in [0, 0.05) is 12.2 Å². The highest BCUT2D eigenvalue weighted by atomic mass is 16.1. The first kappa shape index (κ1) is 17.4. The van der Waals surface area contributed by atoms with Crippen molar-refractivity contribution < 1.29 is 4.79 Å². The smallest absolute Gasteiger partial charge is 0.269 e. The molecule has 2 rings (SSSR count). The molecule has 24 heavy (non-hydrogen) atoms. The number of amides is 1. The van der Waals surface area contributed by atoms with Crippen molar-refractivity contribution in [2.45, 2.75) is 6.42 Å². The number of benzene rings is 1. The Hall–Kier alpha value is -2.91. The van der Waals surface area contributed by atoms with Gasteiger partial charge in [0.1, 0.15) is 5.69 Å². The summed E-state index contributed by atoms with van der Waals surface area (Å²) in [7, 11) is 4.00. The van der Waals surface area contributed by atoms with Gasteiger partial charge >= 0.3 is 0 Å². The molecule has 124 valence electrons. The van der Waals surface area contributed by atoms with Crippen LogP contribution < -0.4 is 10.6 Å². The minimum Gasteiger partial charge on any atom is -0.354 e. The molecule has 6 heteroatoms. The lowest BCUT2D eigenvalue weighted by molar-refractivity contribution is 0.0947. The molecule has 0 saturated carbocycles. The maximum absolute atomic E-state index is 12.0. The lowest BCUT2D eigenvalue weighted by atomic mass is 10.2. The number of nitrogens with zero attached hydrogens (tertiary/aromatic N) is 3. The van der Waals surface area contributed by atoms with Crippen molar-refractivity contribution in [2.24, 2.45) is 0 Å². The number of carbonyl (C=O) groups excluding carboxylic acids is 1. The van der Waals surface area contributed by atoms with Gasteiger partial charge in [-0.05, 0) is 57.4 Å². The van der Waals surface area contributed by atoms with Crippen LogP contribution in [0.15, 0.2) is 42.6 Å². The molecule has 0 radical (unpaired) electrons. The zero-order chi connectivity index (χ0) is 17.4. The number of hydrogen-bond donors (Lipinski definition) is 2. The first-order chi connectivity index (χ1) is 11.6. The van der Waals surface area contributed by atoms with E-state index in [-0.39, 0.29) is 5.91 Å². The first-order valence-corrected chi connectivity index (χ1v) is 7.74. The molecular weight excluding hydrogens is 302 g/mol. The fraction of sp³-hybridized carbons (Fsp3) is 0.278. The molecule has 1 aromatic carbocycles. The number of aromatic nitrogens is 1. The van der Waals surface area contributed by atoms with Crippen molar-refractivity contribution in [3.8, 4) is 6.07 Å². The lowest BCUT2D eigenvalue weighted by Gasteiger charge is -2.10. The summed E-state index contributed by atoms with van der Waals surface area (Å²) >= 11 is 0. The second-order valence-electron chi connectivity index (χ2n) is 5.66. The van der Waals surface area contributed by atoms with E-state index in [1.807, 2.05) is 26.2 Å². The number of nitrogens with one attached hydrogen (secondary N) is 2. The molecule has 2 aromatic rings. The Labute approximate surface area is 142 Å². The van der Waals surface area contributed by atoms with Crippen LogP contribution in [0.25, 0.3) is 0 Å². The third-order valence-corrected chi connectivity index (χ3v) is 3.34. The molecule has 0 aliphatic heterocycles. The summed E-state index contributed by atoms with van der Waals surface area (Å²) in [5, 5.41) is 14.9. The van der Waals surface area contributed by atoms with Crippen LogP contribution in [-0.4, -0.2) is 43.0 Å². The Morgan fingerprint density at radius 2 is 2.08 bits per heavy atom. The third-order valence-electron chi connectivity index (χ3n) is 3.34. The van der Waals surface area contributed by atoms with Crippen molar-refractivity contribution in [1.29, 1.82) is 5.26 Å². The minimum absolute atomic E-state index is 0.174. The predicted octanol–water partition coefficient (Wildman–Crippen LogP) is 2.38. The van der Waals surface area contributed by atoms with Crippen LogP contribution >= 0.6 is 0 Å². The Morgan fingerprint density at radius 1 is 1.25 bits per heavy atom. The van der Waals surface area contributed by atoms with Gasteiger partial charge in [-0.25, -0.2) is 4.98 Å². The van der Waals surface area contributed by atoms with Gasteiger partial charge < -0.3 is 15.5 Å². The highest BCUT2D eigenvalue weighted by molar-refractivity contribution is 5.92. The summed E-state index contributed by atoms with van der Waals surface area (Å²) in [6.07, 6.45) is 2.50. The minimum atomic E-state index is -0.174. The van der Waals surface area contributed by atoms with E-state index in [9.17, 15) is 4.79 Å². The van der Waals surface area contributed by atoms with Crippen molar-refractivity contribution in [3.63, 3.8) is 0 Å². The molecule has 6 nitrogen and oxygen atoms in total. The topological polar surface area (TPSA) is 81.0 Å². The Kier molecular flexibility index (Phi) is 6.29. The van der Waals surface area contributed by atoms with E-state index in [0.29, 0.717) is 17.8 Å². The fourth-order valence-corrected chi connectivity index (χ4v) is 2.12. The molecule has 1 heterocycles. The van der Waals surface area contributed by atoms with Crippen LogP contribution in [0.3, 0.4) is 0 Å². The van der Waals surface area contributed by atoms with Gasteiger partial charge in [-0.1, -0.05) is 6.07 Å². The van der Waals surface area contributed by atoms with Gasteiger partial charge in [-0.15, -0.1) is 0 Å². The maximum atomic E-state index is 12.0. The molecular formula is C18H21N5O. The van der Waals surface area contributed by atoms with Crippen LogP contribution in [0.4, 0.5) is 11.4 Å². The van der Waals surface area contributed by atoms with Crippen molar-refractivity contribution in [1.82, 2.24) is 15.2 Å². The molecule has 1 amide bonds. The maximum Gasteiger partial charge on any atom is 0.269 e. The average molecular weight is 323 g/mol. The number of hydrogen-bond acceptors (Lipinski definition) is 5. The molecule has 0 saturated heterocycles. The van der Waals surface area contributed by atoms with E-state index in [0.717, 1.165) is 24.3 Å². The van der Waals surface area contributed by atoms with Gasteiger partial charge in [0.15, 0.2) is 0 Å². The monoisotopic (exact) mass is 323 g/mol. The molecule has 0 aliphatic rings. The highest BCUT2D eigenvalue weighted by Gasteiger charge is 2.06. The third kappa shape index (κ3) is 5.38. The van der Waals surface area contributed by atoms with Gasteiger partial charge in [-0.2, -0.15) is 5.26 Å². The number of pyridine rings is 1. The van der Waals surface area contributed by atoms with Gasteiger partial charge in [0.25, 0.3) is 5.91 Å². The summed E-state index contributed by atoms with van der Waals surface area (Å²) in [5.41, 5.74) is 2.53. The quantitative estimate of drug-likeness (QED) is 0.765. The highest BCUT2D eigenvalue weighted by Crippen LogP contribution is 2.16. The summed E-state index contributed by atoms with van der Waals surface area (Å²) in [5.74, 6) is -0.174. The van der Waals surface area contributed by atoms with Crippen LogP contribution in [0.2, 0.25) is 0 Å². The standard InChI is InChI=1S/C18H21N5O/c1-23(2)10-4-9-20-18(24)17-8-7-16(13-21-17)22-15-6-3-5-14(11-15)12-19/h3,5-8,11,13,22H,4,9-10H2,1-2H3,(H,20,24). The summed E-state index contributed by atoms with van der Waals surface area (Å²) in [6.45, 7) is 1.55.